The normalized spacial score (nSPS) is 15.2. The first-order valence-electron chi connectivity index (χ1n) is 8.05. The monoisotopic (exact) mass is 357 g/mol. The maximum Gasteiger partial charge on any atom is 0.0738 e. The van der Waals surface area contributed by atoms with E-state index in [0.717, 1.165) is 29.1 Å². The molecule has 21 heavy (non-hydrogen) atoms. The molecule has 0 aliphatic heterocycles. The van der Waals surface area contributed by atoms with Crippen LogP contribution in [0.3, 0.4) is 0 Å². The number of halogens is 1. The Bertz CT molecular complexity index is 446. The average molecular weight is 358 g/mol. The number of nitrogens with zero attached hydrogens (tertiary/aromatic N) is 2. The quantitative estimate of drug-likeness (QED) is 0.779. The zero-order chi connectivity index (χ0) is 16.2. The minimum atomic E-state index is 0.403. The molecule has 4 heteroatoms. The first-order valence-corrected chi connectivity index (χ1v) is 8.84. The lowest BCUT2D eigenvalue weighted by atomic mass is 9.82. The largest absolute Gasteiger partial charge is 0.314 e. The van der Waals surface area contributed by atoms with E-state index < -0.39 is 0 Å². The summed E-state index contributed by atoms with van der Waals surface area (Å²) in [5.41, 5.74) is 2.77. The van der Waals surface area contributed by atoms with Gasteiger partial charge in [0.15, 0.2) is 0 Å². The van der Waals surface area contributed by atoms with Crippen molar-refractivity contribution in [3.05, 3.63) is 15.9 Å². The van der Waals surface area contributed by atoms with Crippen molar-refractivity contribution in [1.29, 1.82) is 0 Å². The highest BCUT2D eigenvalue weighted by atomic mass is 79.9. The third-order valence-corrected chi connectivity index (χ3v) is 4.87. The maximum atomic E-state index is 4.50. The molecule has 0 fully saturated rings. The van der Waals surface area contributed by atoms with Crippen LogP contribution in [-0.2, 0) is 13.5 Å². The smallest absolute Gasteiger partial charge is 0.0738 e. The molecule has 122 valence electrons. The Balaban J connectivity index is 2.73. The van der Waals surface area contributed by atoms with Crippen molar-refractivity contribution in [2.45, 2.75) is 66.8 Å². The summed E-state index contributed by atoms with van der Waals surface area (Å²) >= 11 is 3.68. The zero-order valence-electron chi connectivity index (χ0n) is 14.8. The highest BCUT2D eigenvalue weighted by molar-refractivity contribution is 9.10. The summed E-state index contributed by atoms with van der Waals surface area (Å²) in [5, 5.41) is 8.15. The Morgan fingerprint density at radius 3 is 2.38 bits per heavy atom. The van der Waals surface area contributed by atoms with Crippen molar-refractivity contribution in [2.24, 2.45) is 18.4 Å². The van der Waals surface area contributed by atoms with Crippen molar-refractivity contribution in [3.8, 4) is 0 Å². The Hall–Kier alpha value is -0.350. The third-order valence-electron chi connectivity index (χ3n) is 3.84. The van der Waals surface area contributed by atoms with Gasteiger partial charge in [0, 0.05) is 19.5 Å². The average Bonchev–Trinajstić information content (AvgIpc) is 2.53. The lowest BCUT2D eigenvalue weighted by molar-refractivity contribution is 0.274. The first kappa shape index (κ1) is 18.7. The second-order valence-electron chi connectivity index (χ2n) is 7.53. The van der Waals surface area contributed by atoms with Crippen molar-refractivity contribution in [1.82, 2.24) is 15.1 Å². The van der Waals surface area contributed by atoms with Crippen LogP contribution in [0.5, 0.6) is 0 Å². The highest BCUT2D eigenvalue weighted by Crippen LogP contribution is 2.28. The van der Waals surface area contributed by atoms with Gasteiger partial charge in [-0.05, 0) is 53.6 Å². The number of rotatable bonds is 7. The van der Waals surface area contributed by atoms with E-state index in [4.69, 9.17) is 0 Å². The highest BCUT2D eigenvalue weighted by Gasteiger charge is 2.21. The summed E-state index contributed by atoms with van der Waals surface area (Å²) < 4.78 is 3.18. The van der Waals surface area contributed by atoms with E-state index in [1.807, 2.05) is 11.7 Å². The van der Waals surface area contributed by atoms with Gasteiger partial charge in [0.25, 0.3) is 0 Å². The molecular weight excluding hydrogens is 326 g/mol. The van der Waals surface area contributed by atoms with Crippen LogP contribution in [0.4, 0.5) is 0 Å². The summed E-state index contributed by atoms with van der Waals surface area (Å²) in [6, 6.07) is 0.512. The summed E-state index contributed by atoms with van der Waals surface area (Å²) in [7, 11) is 2.04. The van der Waals surface area contributed by atoms with Crippen LogP contribution in [0.15, 0.2) is 4.47 Å². The van der Waals surface area contributed by atoms with Crippen molar-refractivity contribution in [2.75, 3.05) is 6.54 Å². The van der Waals surface area contributed by atoms with Crippen LogP contribution in [0, 0.1) is 18.3 Å². The van der Waals surface area contributed by atoms with E-state index in [-0.39, 0.29) is 0 Å². The van der Waals surface area contributed by atoms with Gasteiger partial charge < -0.3 is 5.32 Å². The second kappa shape index (κ2) is 7.77. The molecule has 0 aliphatic carbocycles. The molecule has 1 aromatic rings. The van der Waals surface area contributed by atoms with E-state index >= 15 is 0 Å². The van der Waals surface area contributed by atoms with Gasteiger partial charge in [0.1, 0.15) is 0 Å². The number of hydrogen-bond donors (Lipinski definition) is 1. The maximum absolute atomic E-state index is 4.50. The van der Waals surface area contributed by atoms with Crippen molar-refractivity contribution in [3.63, 3.8) is 0 Å². The number of likely N-dealkylation sites (N-methyl/N-ethyl adjacent to an activating group) is 1. The van der Waals surface area contributed by atoms with Gasteiger partial charge in [-0.25, -0.2) is 0 Å². The van der Waals surface area contributed by atoms with Gasteiger partial charge in [-0.1, -0.05) is 34.6 Å². The SMILES string of the molecule is CCNC(Cc1c(Br)c(C)nn1C)CC(C)CC(C)(C)C. The van der Waals surface area contributed by atoms with E-state index in [2.05, 4.69) is 67.9 Å². The molecule has 1 heterocycles. The van der Waals surface area contributed by atoms with Crippen LogP contribution in [0.1, 0.15) is 58.8 Å². The molecule has 0 spiro atoms. The van der Waals surface area contributed by atoms with Crippen LogP contribution >= 0.6 is 15.9 Å². The molecule has 1 aromatic heterocycles. The number of aryl methyl sites for hydroxylation is 2. The predicted molar refractivity (Wildman–Crippen MR) is 94.7 cm³/mol. The summed E-state index contributed by atoms with van der Waals surface area (Å²) in [6.07, 6.45) is 3.50. The molecule has 0 amide bonds. The molecule has 0 saturated heterocycles. The summed E-state index contributed by atoms with van der Waals surface area (Å²) in [5.74, 6) is 0.724. The number of aromatic nitrogens is 2. The van der Waals surface area contributed by atoms with Crippen LogP contribution in [0.2, 0.25) is 0 Å². The van der Waals surface area contributed by atoms with Crippen LogP contribution < -0.4 is 5.32 Å². The van der Waals surface area contributed by atoms with E-state index in [1.54, 1.807) is 0 Å². The topological polar surface area (TPSA) is 29.9 Å². The first-order chi connectivity index (χ1) is 9.64. The predicted octanol–water partition coefficient (Wildman–Crippen LogP) is 4.47. The summed E-state index contributed by atoms with van der Waals surface area (Å²) in [4.78, 5) is 0. The number of hydrogen-bond acceptors (Lipinski definition) is 2. The van der Waals surface area contributed by atoms with E-state index in [1.165, 1.54) is 18.5 Å². The zero-order valence-corrected chi connectivity index (χ0v) is 16.3. The Kier molecular flexibility index (Phi) is 6.92. The van der Waals surface area contributed by atoms with Gasteiger partial charge in [-0.2, -0.15) is 5.10 Å². The molecular formula is C17H32BrN3. The molecule has 0 aromatic carbocycles. The fourth-order valence-electron chi connectivity index (χ4n) is 3.28. The summed E-state index contributed by atoms with van der Waals surface area (Å²) in [6.45, 7) is 14.6. The van der Waals surface area contributed by atoms with Crippen LogP contribution in [-0.4, -0.2) is 22.4 Å². The molecule has 1 rings (SSSR count). The molecule has 3 nitrogen and oxygen atoms in total. The second-order valence-corrected chi connectivity index (χ2v) is 8.33. The molecule has 1 N–H and O–H groups in total. The lowest BCUT2D eigenvalue weighted by Crippen LogP contribution is -2.34. The van der Waals surface area contributed by atoms with Gasteiger partial charge in [0.05, 0.1) is 15.9 Å². The van der Waals surface area contributed by atoms with Crippen molar-refractivity contribution < 1.29 is 0 Å². The fourth-order valence-corrected chi connectivity index (χ4v) is 3.77. The molecule has 0 saturated carbocycles. The van der Waals surface area contributed by atoms with Gasteiger partial charge in [0.2, 0.25) is 0 Å². The minimum absolute atomic E-state index is 0.403. The molecule has 0 radical (unpaired) electrons. The molecule has 0 aliphatic rings. The standard InChI is InChI=1S/C17H32BrN3/c1-8-19-14(9-12(2)11-17(4,5)6)10-15-16(18)13(3)20-21(15)7/h12,14,19H,8-11H2,1-7H3. The van der Waals surface area contributed by atoms with Gasteiger partial charge >= 0.3 is 0 Å². The van der Waals surface area contributed by atoms with E-state index in [0.29, 0.717) is 11.5 Å². The van der Waals surface area contributed by atoms with Crippen molar-refractivity contribution >= 4 is 15.9 Å². The van der Waals surface area contributed by atoms with Crippen LogP contribution in [0.25, 0.3) is 0 Å². The fraction of sp³-hybridized carbons (Fsp3) is 0.824. The molecule has 2 atom stereocenters. The molecule has 0 bridgehead atoms. The van der Waals surface area contributed by atoms with E-state index in [9.17, 15) is 0 Å². The number of nitrogens with one attached hydrogen (secondary N) is 1. The Labute approximate surface area is 139 Å². The minimum Gasteiger partial charge on any atom is -0.314 e. The van der Waals surface area contributed by atoms with Gasteiger partial charge in [-0.3, -0.25) is 4.68 Å². The molecule has 2 unspecified atom stereocenters. The Morgan fingerprint density at radius 1 is 1.33 bits per heavy atom. The third kappa shape index (κ3) is 6.11. The lowest BCUT2D eigenvalue weighted by Gasteiger charge is -2.27. The van der Waals surface area contributed by atoms with Gasteiger partial charge in [-0.15, -0.1) is 0 Å². The Morgan fingerprint density at radius 2 is 1.95 bits per heavy atom.